The van der Waals surface area contributed by atoms with E-state index in [1.54, 1.807) is 54.6 Å². The molecule has 8 heteroatoms. The lowest BCUT2D eigenvalue weighted by Gasteiger charge is -2.18. The van der Waals surface area contributed by atoms with E-state index in [0.717, 1.165) is 29.7 Å². The summed E-state index contributed by atoms with van der Waals surface area (Å²) < 4.78 is 0. The summed E-state index contributed by atoms with van der Waals surface area (Å²) >= 11 is 1.25. The van der Waals surface area contributed by atoms with Crippen molar-refractivity contribution in [2.45, 2.75) is 30.0 Å². The molecule has 202 valence electrons. The quantitative estimate of drug-likeness (QED) is 0.182. The molecule has 0 aliphatic rings. The van der Waals surface area contributed by atoms with Crippen molar-refractivity contribution < 1.29 is 14.7 Å². The number of carboxylic acids is 1. The van der Waals surface area contributed by atoms with E-state index in [9.17, 15) is 20.0 Å². The summed E-state index contributed by atoms with van der Waals surface area (Å²) in [5.41, 5.74) is 4.70. The van der Waals surface area contributed by atoms with Crippen LogP contribution < -0.4 is 5.32 Å². The average Bonchev–Trinajstić information content (AvgIpc) is 3.00. The number of rotatable bonds is 9. The molecule has 41 heavy (non-hydrogen) atoms. The molecular formula is C33H26N4O3S. The number of aromatic nitrogens is 2. The molecule has 2 heterocycles. The van der Waals surface area contributed by atoms with E-state index in [2.05, 4.69) is 28.3 Å². The number of nitrogens with zero attached hydrogens (tertiary/aromatic N) is 3. The van der Waals surface area contributed by atoms with Crippen molar-refractivity contribution in [3.8, 4) is 17.3 Å². The number of aryl methyl sites for hydroxylation is 1. The summed E-state index contributed by atoms with van der Waals surface area (Å²) in [4.78, 5) is 34.8. The average molecular weight is 559 g/mol. The van der Waals surface area contributed by atoms with Gasteiger partial charge in [-0.1, -0.05) is 85.8 Å². The number of carboxylic acid groups (broad SMARTS) is 1. The van der Waals surface area contributed by atoms with Crippen LogP contribution in [-0.4, -0.2) is 27.0 Å². The zero-order chi connectivity index (χ0) is 28.8. The van der Waals surface area contributed by atoms with Crippen LogP contribution in [0.5, 0.6) is 0 Å². The molecule has 0 saturated heterocycles. The number of carbonyl (C=O) groups is 2. The molecule has 3 aromatic carbocycles. The van der Waals surface area contributed by atoms with E-state index in [1.165, 1.54) is 11.8 Å². The van der Waals surface area contributed by atoms with Gasteiger partial charge in [0.05, 0.1) is 22.3 Å². The van der Waals surface area contributed by atoms with E-state index in [1.807, 2.05) is 42.5 Å². The number of thioether (sulfide) groups is 1. The highest BCUT2D eigenvalue weighted by Gasteiger charge is 2.25. The fourth-order valence-corrected chi connectivity index (χ4v) is 5.59. The summed E-state index contributed by atoms with van der Waals surface area (Å²) in [5, 5.41) is 22.8. The van der Waals surface area contributed by atoms with Gasteiger partial charge < -0.3 is 10.4 Å². The number of nitriles is 1. The monoisotopic (exact) mass is 558 g/mol. The van der Waals surface area contributed by atoms with Crippen molar-refractivity contribution in [1.82, 2.24) is 9.97 Å². The second-order valence-corrected chi connectivity index (χ2v) is 10.5. The summed E-state index contributed by atoms with van der Waals surface area (Å²) in [6, 6.07) is 31.0. The molecule has 0 aliphatic heterocycles. The second kappa shape index (κ2) is 12.5. The van der Waals surface area contributed by atoms with Crippen LogP contribution in [0.15, 0.2) is 102 Å². The number of hydrogen-bond donors (Lipinski definition) is 2. The van der Waals surface area contributed by atoms with Crippen molar-refractivity contribution in [2.75, 3.05) is 5.32 Å². The first-order valence-corrected chi connectivity index (χ1v) is 14.0. The topological polar surface area (TPSA) is 116 Å². The standard InChI is InChI=1S/C33H26N4O3S/c1-2-8-24-18-15-23(20-34)32(36-24)41-30(22-9-4-3-5-10-22)31(38)35-25-16-13-21(14-17-25)29-19-27(33(39)40)26-11-6-7-12-28(26)37-29/h3-7,9-19,30H,2,8H2,1H3,(H,35,38)(H,39,40). The van der Waals surface area contributed by atoms with Gasteiger partial charge in [-0.15, -0.1) is 0 Å². The van der Waals surface area contributed by atoms with Gasteiger partial charge in [0.2, 0.25) is 5.91 Å². The van der Waals surface area contributed by atoms with Crippen molar-refractivity contribution >= 4 is 40.2 Å². The van der Waals surface area contributed by atoms with Crippen LogP contribution in [-0.2, 0) is 11.2 Å². The highest BCUT2D eigenvalue weighted by Crippen LogP contribution is 2.37. The van der Waals surface area contributed by atoms with Crippen LogP contribution in [0.25, 0.3) is 22.2 Å². The third kappa shape index (κ3) is 6.26. The third-order valence-electron chi connectivity index (χ3n) is 6.51. The van der Waals surface area contributed by atoms with Gasteiger partial charge in [0.1, 0.15) is 16.3 Å². The van der Waals surface area contributed by atoms with E-state index in [0.29, 0.717) is 32.9 Å². The Kier molecular flexibility index (Phi) is 8.37. The summed E-state index contributed by atoms with van der Waals surface area (Å²) in [6.45, 7) is 2.07. The zero-order valence-electron chi connectivity index (χ0n) is 22.2. The second-order valence-electron chi connectivity index (χ2n) is 9.37. The molecule has 0 radical (unpaired) electrons. The molecule has 0 aliphatic carbocycles. The molecule has 2 aromatic heterocycles. The number of fused-ring (bicyclic) bond motifs is 1. The van der Waals surface area contributed by atoms with Crippen LogP contribution in [0.3, 0.4) is 0 Å². The molecule has 7 nitrogen and oxygen atoms in total. The molecule has 0 spiro atoms. The highest BCUT2D eigenvalue weighted by molar-refractivity contribution is 8.00. The Morgan fingerprint density at radius 2 is 1.68 bits per heavy atom. The van der Waals surface area contributed by atoms with Crippen LogP contribution >= 0.6 is 11.8 Å². The lowest BCUT2D eigenvalue weighted by molar-refractivity contribution is -0.115. The largest absolute Gasteiger partial charge is 0.478 e. The van der Waals surface area contributed by atoms with E-state index in [-0.39, 0.29) is 11.5 Å². The van der Waals surface area contributed by atoms with Gasteiger partial charge in [0.25, 0.3) is 0 Å². The number of hydrogen-bond acceptors (Lipinski definition) is 6. The Morgan fingerprint density at radius 3 is 2.39 bits per heavy atom. The maximum atomic E-state index is 13.6. The highest BCUT2D eigenvalue weighted by atomic mass is 32.2. The lowest BCUT2D eigenvalue weighted by atomic mass is 10.0. The van der Waals surface area contributed by atoms with Crippen molar-refractivity contribution in [3.63, 3.8) is 0 Å². The number of anilines is 1. The van der Waals surface area contributed by atoms with Gasteiger partial charge in [-0.2, -0.15) is 5.26 Å². The fourth-order valence-electron chi connectivity index (χ4n) is 4.49. The smallest absolute Gasteiger partial charge is 0.336 e. The molecule has 1 atom stereocenters. The van der Waals surface area contributed by atoms with Crippen LogP contribution in [0.2, 0.25) is 0 Å². The molecule has 1 unspecified atom stereocenters. The number of para-hydroxylation sites is 1. The minimum absolute atomic E-state index is 0.180. The predicted octanol–water partition coefficient (Wildman–Crippen LogP) is 7.29. The Hall–Kier alpha value is -5.00. The molecule has 5 rings (SSSR count). The van der Waals surface area contributed by atoms with Gasteiger partial charge in [-0.25, -0.2) is 14.8 Å². The Labute approximate surface area is 241 Å². The first-order chi connectivity index (χ1) is 20.0. The molecular weight excluding hydrogens is 532 g/mol. The minimum Gasteiger partial charge on any atom is -0.478 e. The van der Waals surface area contributed by atoms with Gasteiger partial charge in [0, 0.05) is 22.3 Å². The van der Waals surface area contributed by atoms with Gasteiger partial charge >= 0.3 is 5.97 Å². The molecule has 2 N–H and O–H groups in total. The molecule has 5 aromatic rings. The zero-order valence-corrected chi connectivity index (χ0v) is 23.1. The van der Waals surface area contributed by atoms with Crippen molar-refractivity contribution in [3.05, 3.63) is 119 Å². The van der Waals surface area contributed by atoms with Crippen molar-refractivity contribution in [1.29, 1.82) is 5.26 Å². The van der Waals surface area contributed by atoms with E-state index in [4.69, 9.17) is 0 Å². The summed E-state index contributed by atoms with van der Waals surface area (Å²) in [5.74, 6) is -1.27. The predicted molar refractivity (Wildman–Crippen MR) is 161 cm³/mol. The van der Waals surface area contributed by atoms with E-state index >= 15 is 0 Å². The number of aromatic carboxylic acids is 1. The fraction of sp³-hybridized carbons (Fsp3) is 0.121. The maximum absolute atomic E-state index is 13.6. The number of pyridine rings is 2. The molecule has 1 amide bonds. The Bertz CT molecular complexity index is 1770. The van der Waals surface area contributed by atoms with Crippen molar-refractivity contribution in [2.24, 2.45) is 0 Å². The third-order valence-corrected chi connectivity index (χ3v) is 7.77. The number of carbonyl (C=O) groups excluding carboxylic acids is 1. The van der Waals surface area contributed by atoms with Crippen LogP contribution in [0.4, 0.5) is 5.69 Å². The first-order valence-electron chi connectivity index (χ1n) is 13.1. The normalized spacial score (nSPS) is 11.5. The summed E-state index contributed by atoms with van der Waals surface area (Å²) in [6.07, 6.45) is 1.71. The Morgan fingerprint density at radius 1 is 0.951 bits per heavy atom. The van der Waals surface area contributed by atoms with E-state index < -0.39 is 11.2 Å². The molecule has 0 saturated carbocycles. The lowest BCUT2D eigenvalue weighted by Crippen LogP contribution is -2.19. The van der Waals surface area contributed by atoms with Gasteiger partial charge in [-0.05, 0) is 48.4 Å². The maximum Gasteiger partial charge on any atom is 0.336 e. The van der Waals surface area contributed by atoms with Crippen LogP contribution in [0, 0.1) is 11.3 Å². The SMILES string of the molecule is CCCc1ccc(C#N)c(SC(C(=O)Nc2ccc(-c3cc(C(=O)O)c4ccccc4n3)cc2)c2ccccc2)n1. The van der Waals surface area contributed by atoms with Gasteiger partial charge in [0.15, 0.2) is 0 Å². The van der Waals surface area contributed by atoms with Crippen LogP contribution in [0.1, 0.15) is 45.8 Å². The number of nitrogens with one attached hydrogen (secondary N) is 1. The molecule has 0 fully saturated rings. The Balaban J connectivity index is 1.42. The molecule has 0 bridgehead atoms. The minimum atomic E-state index is -1.02. The number of benzene rings is 3. The first kappa shape index (κ1) is 27.6. The van der Waals surface area contributed by atoms with Gasteiger partial charge in [-0.3, -0.25) is 4.79 Å². The summed E-state index contributed by atoms with van der Waals surface area (Å²) in [7, 11) is 0. The number of amides is 1.